The van der Waals surface area contributed by atoms with Gasteiger partial charge in [-0.2, -0.15) is 0 Å². The highest BCUT2D eigenvalue weighted by molar-refractivity contribution is 6.32. The van der Waals surface area contributed by atoms with Crippen LogP contribution >= 0.6 is 23.2 Å². The second-order valence-corrected chi connectivity index (χ2v) is 6.67. The number of hydrogen-bond donors (Lipinski definition) is 0. The van der Waals surface area contributed by atoms with E-state index < -0.39 is 17.8 Å². The highest BCUT2D eigenvalue weighted by Gasteiger charge is 2.45. The molecule has 130 valence electrons. The van der Waals surface area contributed by atoms with Crippen LogP contribution in [0.2, 0.25) is 10.0 Å². The lowest BCUT2D eigenvalue weighted by molar-refractivity contribution is -0.152. The number of hydrogen-bond acceptors (Lipinski definition) is 3. The molecule has 0 saturated heterocycles. The van der Waals surface area contributed by atoms with Crippen LogP contribution in [-0.4, -0.2) is 25.5 Å². The minimum Gasteiger partial charge on any atom is -0.465 e. The molecule has 0 aromatic heterocycles. The van der Waals surface area contributed by atoms with E-state index in [9.17, 15) is 9.59 Å². The first-order valence-corrected chi connectivity index (χ1v) is 8.69. The molecule has 0 spiro atoms. The summed E-state index contributed by atoms with van der Waals surface area (Å²) < 4.78 is 5.17. The van der Waals surface area contributed by atoms with Crippen molar-refractivity contribution in [3.05, 3.63) is 63.6 Å². The van der Waals surface area contributed by atoms with Crippen LogP contribution in [-0.2, 0) is 14.3 Å². The normalized spacial score (nSPS) is 19.5. The van der Waals surface area contributed by atoms with Crippen molar-refractivity contribution in [2.75, 3.05) is 18.6 Å². The Morgan fingerprint density at radius 2 is 1.88 bits per heavy atom. The zero-order valence-electron chi connectivity index (χ0n) is 13.8. The second-order valence-electron chi connectivity index (χ2n) is 5.83. The summed E-state index contributed by atoms with van der Waals surface area (Å²) in [6.07, 6.45) is 0. The summed E-state index contributed by atoms with van der Waals surface area (Å²) in [6, 6.07) is 12.5. The molecule has 1 aliphatic heterocycles. The maximum absolute atomic E-state index is 12.9. The van der Waals surface area contributed by atoms with Crippen molar-refractivity contribution in [3.63, 3.8) is 0 Å². The van der Waals surface area contributed by atoms with Crippen molar-refractivity contribution < 1.29 is 14.3 Å². The molecule has 25 heavy (non-hydrogen) atoms. The topological polar surface area (TPSA) is 46.6 Å². The Kier molecular flexibility index (Phi) is 5.02. The SMILES string of the molecule is CCOC(=O)C1C(=O)N(C)c2ccc(Cl)cc2C1c1ccccc1Cl. The van der Waals surface area contributed by atoms with Gasteiger partial charge in [0.2, 0.25) is 5.91 Å². The van der Waals surface area contributed by atoms with E-state index in [-0.39, 0.29) is 12.5 Å². The van der Waals surface area contributed by atoms with Gasteiger partial charge in [-0.15, -0.1) is 0 Å². The highest BCUT2D eigenvalue weighted by Crippen LogP contribution is 2.46. The molecular weight excluding hydrogens is 361 g/mol. The average Bonchev–Trinajstić information content (AvgIpc) is 2.58. The number of halogens is 2. The van der Waals surface area contributed by atoms with Gasteiger partial charge in [0.1, 0.15) is 5.92 Å². The fourth-order valence-electron chi connectivity index (χ4n) is 3.27. The van der Waals surface area contributed by atoms with Crippen LogP contribution in [0.25, 0.3) is 0 Å². The van der Waals surface area contributed by atoms with E-state index in [0.29, 0.717) is 21.3 Å². The van der Waals surface area contributed by atoms with Gasteiger partial charge in [-0.1, -0.05) is 41.4 Å². The Hall–Kier alpha value is -2.04. The number of benzene rings is 2. The molecule has 1 heterocycles. The zero-order valence-corrected chi connectivity index (χ0v) is 15.3. The monoisotopic (exact) mass is 377 g/mol. The molecule has 2 unspecified atom stereocenters. The quantitative estimate of drug-likeness (QED) is 0.592. The number of nitrogens with zero attached hydrogens (tertiary/aromatic N) is 1. The number of anilines is 1. The van der Waals surface area contributed by atoms with Gasteiger partial charge in [-0.3, -0.25) is 9.59 Å². The summed E-state index contributed by atoms with van der Waals surface area (Å²) in [6.45, 7) is 1.91. The first-order chi connectivity index (χ1) is 12.0. The lowest BCUT2D eigenvalue weighted by Crippen LogP contribution is -2.45. The van der Waals surface area contributed by atoms with E-state index in [4.69, 9.17) is 27.9 Å². The van der Waals surface area contributed by atoms with Gasteiger partial charge in [-0.25, -0.2) is 0 Å². The smallest absolute Gasteiger partial charge is 0.319 e. The Morgan fingerprint density at radius 3 is 2.56 bits per heavy atom. The van der Waals surface area contributed by atoms with Gasteiger partial charge in [0.15, 0.2) is 0 Å². The molecule has 0 fully saturated rings. The third kappa shape index (κ3) is 3.12. The van der Waals surface area contributed by atoms with E-state index >= 15 is 0 Å². The summed E-state index contributed by atoms with van der Waals surface area (Å²) in [4.78, 5) is 27.0. The van der Waals surface area contributed by atoms with Crippen LogP contribution in [0.4, 0.5) is 5.69 Å². The summed E-state index contributed by atoms with van der Waals surface area (Å²) in [7, 11) is 1.64. The standard InChI is InChI=1S/C19H17Cl2NO3/c1-3-25-19(24)17-16(12-6-4-5-7-14(12)21)13-10-11(20)8-9-15(13)22(2)18(17)23/h4-10,16-17H,3H2,1-2H3. The van der Waals surface area contributed by atoms with Gasteiger partial charge in [0.05, 0.1) is 6.61 Å². The molecule has 2 aromatic rings. The average molecular weight is 378 g/mol. The molecule has 3 rings (SSSR count). The number of rotatable bonds is 3. The number of carbonyl (C=O) groups is 2. The summed E-state index contributed by atoms with van der Waals surface area (Å²) in [5.74, 6) is -2.44. The molecule has 2 aromatic carbocycles. The van der Waals surface area contributed by atoms with Gasteiger partial charge in [0, 0.05) is 28.7 Å². The van der Waals surface area contributed by atoms with E-state index in [0.717, 1.165) is 5.56 Å². The third-order valence-electron chi connectivity index (χ3n) is 4.40. The molecule has 2 atom stereocenters. The predicted molar refractivity (Wildman–Crippen MR) is 98.3 cm³/mol. The van der Waals surface area contributed by atoms with Crippen molar-refractivity contribution in [3.8, 4) is 0 Å². The number of fused-ring (bicyclic) bond motifs is 1. The summed E-state index contributed by atoms with van der Waals surface area (Å²) in [5, 5.41) is 1.02. The van der Waals surface area contributed by atoms with Gasteiger partial charge in [0.25, 0.3) is 0 Å². The molecule has 1 amide bonds. The fourth-order valence-corrected chi connectivity index (χ4v) is 3.71. The Bertz CT molecular complexity index is 837. The Labute approximate surface area is 156 Å². The molecule has 4 nitrogen and oxygen atoms in total. The molecular formula is C19H17Cl2NO3. The van der Waals surface area contributed by atoms with Crippen LogP contribution in [0.3, 0.4) is 0 Å². The first-order valence-electron chi connectivity index (χ1n) is 7.93. The number of ether oxygens (including phenoxy) is 1. The molecule has 0 aliphatic carbocycles. The maximum Gasteiger partial charge on any atom is 0.319 e. The van der Waals surface area contributed by atoms with Crippen LogP contribution in [0.5, 0.6) is 0 Å². The second kappa shape index (κ2) is 7.06. The third-order valence-corrected chi connectivity index (χ3v) is 4.98. The van der Waals surface area contributed by atoms with Crippen LogP contribution < -0.4 is 4.90 Å². The van der Waals surface area contributed by atoms with Crippen molar-refractivity contribution in [2.45, 2.75) is 12.8 Å². The van der Waals surface area contributed by atoms with Crippen molar-refractivity contribution in [1.29, 1.82) is 0 Å². The maximum atomic E-state index is 12.9. The summed E-state index contributed by atoms with van der Waals surface area (Å²) in [5.41, 5.74) is 2.19. The van der Waals surface area contributed by atoms with Gasteiger partial charge in [-0.05, 0) is 42.3 Å². The molecule has 0 saturated carbocycles. The Balaban J connectivity index is 2.25. The molecule has 1 aliphatic rings. The number of esters is 1. The van der Waals surface area contributed by atoms with E-state index in [1.54, 1.807) is 44.3 Å². The Morgan fingerprint density at radius 1 is 1.16 bits per heavy atom. The minimum absolute atomic E-state index is 0.198. The minimum atomic E-state index is -1.00. The van der Waals surface area contributed by atoms with Crippen LogP contribution in [0.15, 0.2) is 42.5 Å². The van der Waals surface area contributed by atoms with E-state index in [1.165, 1.54) is 4.90 Å². The van der Waals surface area contributed by atoms with Crippen LogP contribution in [0.1, 0.15) is 24.0 Å². The number of carbonyl (C=O) groups excluding carboxylic acids is 2. The lowest BCUT2D eigenvalue weighted by Gasteiger charge is -2.37. The molecule has 0 bridgehead atoms. The van der Waals surface area contributed by atoms with Crippen LogP contribution in [0, 0.1) is 5.92 Å². The predicted octanol–water partition coefficient (Wildman–Crippen LogP) is 4.28. The summed E-state index contributed by atoms with van der Waals surface area (Å²) >= 11 is 12.6. The van der Waals surface area contributed by atoms with Gasteiger partial charge >= 0.3 is 5.97 Å². The molecule has 0 radical (unpaired) electrons. The highest BCUT2D eigenvalue weighted by atomic mass is 35.5. The zero-order chi connectivity index (χ0) is 18.1. The van der Waals surface area contributed by atoms with Gasteiger partial charge < -0.3 is 9.64 Å². The number of amides is 1. The van der Waals surface area contributed by atoms with Crippen molar-refractivity contribution in [1.82, 2.24) is 0 Å². The lowest BCUT2D eigenvalue weighted by atomic mass is 9.76. The first kappa shape index (κ1) is 17.8. The fraction of sp³-hybridized carbons (Fsp3) is 0.263. The molecule has 6 heteroatoms. The van der Waals surface area contributed by atoms with E-state index in [1.807, 2.05) is 12.1 Å². The van der Waals surface area contributed by atoms with E-state index in [2.05, 4.69) is 0 Å². The van der Waals surface area contributed by atoms with Crippen molar-refractivity contribution >= 4 is 40.8 Å². The van der Waals surface area contributed by atoms with Crippen molar-refractivity contribution in [2.24, 2.45) is 5.92 Å². The molecule has 0 N–H and O–H groups in total. The largest absolute Gasteiger partial charge is 0.465 e.